The maximum Gasteiger partial charge on any atom is 0.474 e. The van der Waals surface area contributed by atoms with E-state index in [-0.39, 0.29) is 6.61 Å². The summed E-state index contributed by atoms with van der Waals surface area (Å²) in [6.45, 7) is 16.9. The van der Waals surface area contributed by atoms with Crippen LogP contribution >= 0.6 is 15.6 Å². The second-order valence-electron chi connectivity index (χ2n) is 12.4. The Morgan fingerprint density at radius 3 is 1.07 bits per heavy atom. The fourth-order valence-electron chi connectivity index (χ4n) is 4.82. The van der Waals surface area contributed by atoms with E-state index in [0.29, 0.717) is 37.6 Å². The van der Waals surface area contributed by atoms with E-state index in [1.165, 1.54) is 70.6 Å². The zero-order valence-electron chi connectivity index (χ0n) is 29.9. The molecule has 44 heavy (non-hydrogen) atoms. The normalized spacial score (nSPS) is 15.3. The van der Waals surface area contributed by atoms with Gasteiger partial charge in [-0.05, 0) is 43.4 Å². The summed E-state index contributed by atoms with van der Waals surface area (Å²) < 4.78 is 45.7. The van der Waals surface area contributed by atoms with Crippen molar-refractivity contribution in [3.05, 3.63) is 0 Å². The molecule has 0 heterocycles. The summed E-state index contributed by atoms with van der Waals surface area (Å²) >= 11 is 0. The summed E-state index contributed by atoms with van der Waals surface area (Å²) in [6, 6.07) is 0. The van der Waals surface area contributed by atoms with Gasteiger partial charge in [0.2, 0.25) is 0 Å². The molecule has 10 heteroatoms. The lowest BCUT2D eigenvalue weighted by molar-refractivity contribution is 0.0732. The number of hydrogen-bond donors (Lipinski definition) is 2. The van der Waals surface area contributed by atoms with Crippen LogP contribution in [0.15, 0.2) is 0 Å². The summed E-state index contributed by atoms with van der Waals surface area (Å²) in [4.78, 5) is 16.8. The number of phosphoric acid groups is 2. The van der Waals surface area contributed by atoms with Gasteiger partial charge in [0.25, 0.3) is 0 Å². The van der Waals surface area contributed by atoms with E-state index in [4.69, 9.17) is 23.4 Å². The standard InChI is InChI=1S/C24H51O4P.C10H23O4P/c1-7-13-16-22(10-4)19-26-29(25,27-20-23(11-5)17-14-8-2)28-21-24(12-6)18-15-9-3;1-2-3-4-5-6-7-8-9-10-14-15(11,12)13/h22-24H,7-21H2,1-6H3;2-10H2,1H3,(H2,11,12,13). The molecule has 0 aromatic heterocycles. The second kappa shape index (κ2) is 31.8. The highest BCUT2D eigenvalue weighted by molar-refractivity contribution is 7.48. The number of unbranched alkanes of at least 4 members (excludes halogenated alkanes) is 10. The van der Waals surface area contributed by atoms with Gasteiger partial charge in [0.15, 0.2) is 0 Å². The van der Waals surface area contributed by atoms with E-state index >= 15 is 0 Å². The molecule has 8 nitrogen and oxygen atoms in total. The summed E-state index contributed by atoms with van der Waals surface area (Å²) in [6.07, 6.45) is 22.7. The maximum atomic E-state index is 13.4. The molecule has 0 saturated carbocycles. The van der Waals surface area contributed by atoms with E-state index in [1.807, 2.05) is 0 Å². The lowest BCUT2D eigenvalue weighted by Crippen LogP contribution is -2.16. The molecule has 0 spiro atoms. The predicted molar refractivity (Wildman–Crippen MR) is 186 cm³/mol. The van der Waals surface area contributed by atoms with Crippen LogP contribution in [0.25, 0.3) is 0 Å². The average Bonchev–Trinajstić information content (AvgIpc) is 3.00. The van der Waals surface area contributed by atoms with Crippen LogP contribution in [0.2, 0.25) is 0 Å². The van der Waals surface area contributed by atoms with Gasteiger partial charge in [-0.1, -0.05) is 151 Å². The predicted octanol–water partition coefficient (Wildman–Crippen LogP) is 12.0. The minimum absolute atomic E-state index is 0.166. The minimum Gasteiger partial charge on any atom is -0.303 e. The van der Waals surface area contributed by atoms with Crippen molar-refractivity contribution in [2.75, 3.05) is 26.4 Å². The molecule has 0 aliphatic carbocycles. The number of hydrogen-bond acceptors (Lipinski definition) is 6. The zero-order chi connectivity index (χ0) is 33.5. The van der Waals surface area contributed by atoms with Crippen LogP contribution in [-0.4, -0.2) is 36.2 Å². The molecule has 0 rings (SSSR count). The average molecular weight is 673 g/mol. The first-order valence-corrected chi connectivity index (χ1v) is 21.3. The molecule has 0 radical (unpaired) electrons. The Bertz CT molecular complexity index is 631. The highest BCUT2D eigenvalue weighted by atomic mass is 31.2. The van der Waals surface area contributed by atoms with Gasteiger partial charge in [-0.25, -0.2) is 9.13 Å². The molecule has 0 fully saturated rings. The Labute approximate surface area is 273 Å². The van der Waals surface area contributed by atoms with Gasteiger partial charge >= 0.3 is 15.6 Å². The van der Waals surface area contributed by atoms with Crippen molar-refractivity contribution in [1.29, 1.82) is 0 Å². The Kier molecular flexibility index (Phi) is 33.5. The first kappa shape index (κ1) is 46.3. The fraction of sp³-hybridized carbons (Fsp3) is 1.00. The van der Waals surface area contributed by atoms with E-state index in [1.54, 1.807) is 0 Å². The zero-order valence-corrected chi connectivity index (χ0v) is 31.7. The Hall–Kier alpha value is 0.220. The van der Waals surface area contributed by atoms with Crippen molar-refractivity contribution in [2.24, 2.45) is 17.8 Å². The van der Waals surface area contributed by atoms with Crippen molar-refractivity contribution in [3.8, 4) is 0 Å². The summed E-state index contributed by atoms with van der Waals surface area (Å²) in [7, 11) is -7.75. The van der Waals surface area contributed by atoms with Crippen molar-refractivity contribution < 1.29 is 37.0 Å². The van der Waals surface area contributed by atoms with Gasteiger partial charge in [-0.2, -0.15) is 0 Å². The monoisotopic (exact) mass is 672 g/mol. The van der Waals surface area contributed by atoms with Gasteiger partial charge in [-0.15, -0.1) is 0 Å². The highest BCUT2D eigenvalue weighted by Crippen LogP contribution is 2.51. The lowest BCUT2D eigenvalue weighted by atomic mass is 10.0. The summed E-state index contributed by atoms with van der Waals surface area (Å²) in [5, 5.41) is 0. The lowest BCUT2D eigenvalue weighted by Gasteiger charge is -2.25. The first-order valence-electron chi connectivity index (χ1n) is 18.3. The summed E-state index contributed by atoms with van der Waals surface area (Å²) in [5.74, 6) is 1.25. The van der Waals surface area contributed by atoms with Crippen LogP contribution in [0.3, 0.4) is 0 Å². The molecular formula is C34H74O8P2. The number of rotatable bonds is 31. The highest BCUT2D eigenvalue weighted by Gasteiger charge is 2.30. The fourth-order valence-corrected chi connectivity index (χ4v) is 6.59. The third-order valence-corrected chi connectivity index (χ3v) is 10.2. The van der Waals surface area contributed by atoms with Crippen LogP contribution in [0.5, 0.6) is 0 Å². The van der Waals surface area contributed by atoms with Gasteiger partial charge < -0.3 is 9.79 Å². The molecule has 0 aromatic rings. The Balaban J connectivity index is 0. The van der Waals surface area contributed by atoms with E-state index in [2.05, 4.69) is 53.0 Å². The Morgan fingerprint density at radius 1 is 0.455 bits per heavy atom. The number of phosphoric ester groups is 2. The first-order chi connectivity index (χ1) is 21.0. The smallest absolute Gasteiger partial charge is 0.303 e. The van der Waals surface area contributed by atoms with E-state index in [0.717, 1.165) is 57.8 Å². The van der Waals surface area contributed by atoms with Crippen LogP contribution in [0.1, 0.15) is 177 Å². The molecule has 0 bridgehead atoms. The van der Waals surface area contributed by atoms with Crippen molar-refractivity contribution in [2.45, 2.75) is 177 Å². The van der Waals surface area contributed by atoms with Crippen molar-refractivity contribution in [1.82, 2.24) is 0 Å². The van der Waals surface area contributed by atoms with E-state index < -0.39 is 15.6 Å². The van der Waals surface area contributed by atoms with Crippen LogP contribution in [0.4, 0.5) is 0 Å². The SMILES string of the molecule is CCCCC(CC)COP(=O)(OCC(CC)CCCC)OCC(CC)CCCC.CCCCCCCCCCOP(=O)(O)O. The Morgan fingerprint density at radius 2 is 0.773 bits per heavy atom. The molecule has 268 valence electrons. The molecule has 0 aromatic carbocycles. The van der Waals surface area contributed by atoms with Crippen LogP contribution < -0.4 is 0 Å². The molecule has 0 aliphatic heterocycles. The molecule has 0 saturated heterocycles. The topological polar surface area (TPSA) is 112 Å². The van der Waals surface area contributed by atoms with Crippen molar-refractivity contribution >= 4 is 15.6 Å². The third-order valence-electron chi connectivity index (χ3n) is 8.29. The van der Waals surface area contributed by atoms with Gasteiger partial charge in [0, 0.05) is 0 Å². The minimum atomic E-state index is -4.24. The molecule has 3 atom stereocenters. The molecule has 3 unspecified atom stereocenters. The quantitative estimate of drug-likeness (QED) is 0.0553. The van der Waals surface area contributed by atoms with Crippen LogP contribution in [0, 0.1) is 17.8 Å². The van der Waals surface area contributed by atoms with E-state index in [9.17, 15) is 9.13 Å². The maximum absolute atomic E-state index is 13.4. The van der Waals surface area contributed by atoms with Crippen molar-refractivity contribution in [3.63, 3.8) is 0 Å². The van der Waals surface area contributed by atoms with Crippen LogP contribution in [-0.2, 0) is 27.2 Å². The molecule has 0 amide bonds. The van der Waals surface area contributed by atoms with Gasteiger partial charge in [-0.3, -0.25) is 18.1 Å². The van der Waals surface area contributed by atoms with Gasteiger partial charge in [0.1, 0.15) is 0 Å². The van der Waals surface area contributed by atoms with Gasteiger partial charge in [0.05, 0.1) is 26.4 Å². The largest absolute Gasteiger partial charge is 0.474 e. The summed E-state index contributed by atoms with van der Waals surface area (Å²) in [5.41, 5.74) is 0. The molecule has 2 N–H and O–H groups in total. The second-order valence-corrected chi connectivity index (χ2v) is 15.3. The molecule has 0 aliphatic rings. The molecular weight excluding hydrogens is 598 g/mol. The third kappa shape index (κ3) is 30.9.